The zero-order chi connectivity index (χ0) is 83.8. The van der Waals surface area contributed by atoms with Crippen LogP contribution in [0.1, 0.15) is 184 Å². The van der Waals surface area contributed by atoms with Gasteiger partial charge in [0.1, 0.15) is 64.1 Å². The minimum Gasteiger partial charge on any atom is -0.475 e. The Bertz CT molecular complexity index is 4860. The van der Waals surface area contributed by atoms with E-state index in [1.54, 1.807) is 64.4 Å². The fraction of sp³-hybridized carbons (Fsp3) is 0.297. The van der Waals surface area contributed by atoms with E-state index in [-0.39, 0.29) is 91.5 Å². The monoisotopic (exact) mass is 1490 g/mol. The van der Waals surface area contributed by atoms with Crippen LogP contribution in [0, 0.1) is 121 Å². The summed E-state index contributed by atoms with van der Waals surface area (Å²) >= 11 is 4.69. The molecule has 5 N–H and O–H groups in total. The van der Waals surface area contributed by atoms with Gasteiger partial charge in [0.05, 0.1) is 54.2 Å². The molecule has 105 heavy (non-hydrogen) atoms. The molecule has 564 valence electrons. The van der Waals surface area contributed by atoms with E-state index in [4.69, 9.17) is 52.6 Å². The number of nitrogens with one attached hydrogen (secondary N) is 4. The van der Waals surface area contributed by atoms with E-state index < -0.39 is 64.0 Å². The molecule has 0 fully saturated rings. The molecule has 0 spiro atoms. The van der Waals surface area contributed by atoms with Gasteiger partial charge in [0, 0.05) is 83.9 Å². The van der Waals surface area contributed by atoms with E-state index >= 15 is 0 Å². The lowest BCUT2D eigenvalue weighted by Gasteiger charge is -2.08. The quantitative estimate of drug-likeness (QED) is 0.0186. The first-order valence-corrected chi connectivity index (χ1v) is 32.1. The molecule has 5 heterocycles. The second kappa shape index (κ2) is 39.6. The fourth-order valence-electron chi connectivity index (χ4n) is 10.3. The third kappa shape index (κ3) is 22.4. The molecule has 0 unspecified atom stereocenters. The number of hydrogen-bond donors (Lipinski definition) is 5. The number of ether oxygens (including phenoxy) is 4. The lowest BCUT2D eigenvalue weighted by molar-refractivity contribution is -0.149. The van der Waals surface area contributed by atoms with Crippen LogP contribution >= 0.6 is 11.6 Å². The lowest BCUT2D eigenvalue weighted by atomic mass is 10.1. The number of anilines is 3. The van der Waals surface area contributed by atoms with Crippen molar-refractivity contribution in [2.24, 2.45) is 28.2 Å². The number of carboxylic acids is 1. The molecule has 3 amide bonds. The summed E-state index contributed by atoms with van der Waals surface area (Å²) in [5.74, 6) is -9.48. The summed E-state index contributed by atoms with van der Waals surface area (Å²) < 4.78 is 85.3. The molecule has 8 rings (SSSR count). The molecule has 0 aliphatic heterocycles. The van der Waals surface area contributed by atoms with Crippen molar-refractivity contribution in [2.75, 3.05) is 42.4 Å². The maximum atomic E-state index is 13.4. The molecule has 0 aliphatic carbocycles. The van der Waals surface area contributed by atoms with E-state index in [2.05, 4.69) is 25.7 Å². The van der Waals surface area contributed by atoms with Crippen molar-refractivity contribution in [3.05, 3.63) is 203 Å². The number of benzene rings is 3. The lowest BCUT2D eigenvalue weighted by Crippen LogP contribution is -2.19. The summed E-state index contributed by atoms with van der Waals surface area (Å²) in [5, 5.41) is 42.1. The highest BCUT2D eigenvalue weighted by Gasteiger charge is 2.31. The number of aromatic nitrogens is 5. The second-order valence-electron chi connectivity index (χ2n) is 22.6. The third-order valence-electron chi connectivity index (χ3n) is 15.5. The first-order chi connectivity index (χ1) is 51.2. The van der Waals surface area contributed by atoms with E-state index in [0.717, 1.165) is 52.0 Å². The number of carbonyl (C=O) groups excluding carboxylic acids is 10. The van der Waals surface area contributed by atoms with Gasteiger partial charge in [0.2, 0.25) is 0 Å². The Kier molecular flexibility index (Phi) is 31.3. The SMILES string of the molecule is CCOC(=O)C(=O)Cl.CCOC(=O)C(=O)c1c(C)c(C(=O)Nc2ccc(F)c(C#N)c2)n(C)c1C.CCOC(=O)c1[nH]c(C)cc1C.CCOC(=O)c1c(C)cc(C)n1C.Cc1c(C(=O)C(=O)O)c(C)n(C)c1C(=O)Nc1ccc(F)c(C#N)c1.Cc1cc(C)n(C)c1C(=O)Nc1ccc(F)c(C#N)c1.[2HH].[2HH].[2HH].[2H][2H].[2H][2H]. The van der Waals surface area contributed by atoms with Crippen molar-refractivity contribution >= 4 is 93.0 Å². The number of aromatic amines is 1. The van der Waals surface area contributed by atoms with E-state index in [0.29, 0.717) is 52.9 Å². The number of nitriles is 3. The van der Waals surface area contributed by atoms with Gasteiger partial charge in [-0.05, 0) is 209 Å². The molecule has 27 nitrogen and oxygen atoms in total. The van der Waals surface area contributed by atoms with Crippen LogP contribution in [0.4, 0.5) is 30.2 Å². The van der Waals surface area contributed by atoms with Crippen LogP contribution in [0.25, 0.3) is 0 Å². The normalized spacial score (nSPS) is 10.2. The van der Waals surface area contributed by atoms with Gasteiger partial charge in [-0.2, -0.15) is 15.8 Å². The highest BCUT2D eigenvalue weighted by atomic mass is 35.5. The Hall–Kier alpha value is -12.6. The van der Waals surface area contributed by atoms with Crippen LogP contribution in [0.3, 0.4) is 0 Å². The predicted molar refractivity (Wildman–Crippen MR) is 390 cm³/mol. The molecular formula is C74H89ClF3N11O16. The number of halogens is 4. The molecule has 3 aromatic carbocycles. The van der Waals surface area contributed by atoms with Crippen molar-refractivity contribution < 1.29 is 100 Å². The number of aliphatic carboxylic acids is 1. The maximum absolute atomic E-state index is 13.4. The molecule has 31 heteroatoms. The molecular weight excluding hydrogens is 1390 g/mol. The second-order valence-corrected chi connectivity index (χ2v) is 23.0. The number of aryl methyl sites for hydroxylation is 6. The molecule has 5 aromatic heterocycles. The van der Waals surface area contributed by atoms with Gasteiger partial charge in [-0.3, -0.25) is 28.8 Å². The molecule has 0 radical (unpaired) electrons. The molecule has 0 atom stereocenters. The zero-order valence-corrected chi connectivity index (χ0v) is 61.7. The Morgan fingerprint density at radius 2 is 0.819 bits per heavy atom. The Morgan fingerprint density at radius 1 is 0.476 bits per heavy atom. The van der Waals surface area contributed by atoms with Crippen LogP contribution in [-0.2, 0) is 66.3 Å². The van der Waals surface area contributed by atoms with Crippen LogP contribution in [0.2, 0.25) is 0 Å². The number of H-pyrrole nitrogens is 1. The summed E-state index contributed by atoms with van der Waals surface area (Å²) in [6.07, 6.45) is 0. The van der Waals surface area contributed by atoms with Gasteiger partial charge < -0.3 is 63.3 Å². The Morgan fingerprint density at radius 3 is 1.12 bits per heavy atom. The van der Waals surface area contributed by atoms with Crippen LogP contribution in [0.5, 0.6) is 0 Å². The number of Topliss-reactive ketones (excluding diaryl/α,β-unsaturated/α-hetero) is 2. The third-order valence-corrected chi connectivity index (χ3v) is 15.7. The number of amides is 3. The number of carboxylic acid groups (broad SMARTS) is 1. The summed E-state index contributed by atoms with van der Waals surface area (Å²) in [4.78, 5) is 130. The zero-order valence-electron chi connectivity index (χ0n) is 65.0. The average Bonchev–Trinajstić information content (AvgIpc) is 1.64. The van der Waals surface area contributed by atoms with Gasteiger partial charge in [-0.1, -0.05) is 0 Å². The minimum absolute atomic E-state index is 0. The van der Waals surface area contributed by atoms with Crippen molar-refractivity contribution in [3.63, 3.8) is 0 Å². The molecule has 0 aliphatic rings. The highest BCUT2D eigenvalue weighted by molar-refractivity contribution is 6.80. The van der Waals surface area contributed by atoms with Gasteiger partial charge >= 0.3 is 35.1 Å². The van der Waals surface area contributed by atoms with E-state index in [1.807, 2.05) is 85.3 Å². The fourth-order valence-corrected chi connectivity index (χ4v) is 10.4. The minimum atomic E-state index is -1.61. The van der Waals surface area contributed by atoms with Crippen molar-refractivity contribution in [1.29, 1.82) is 15.8 Å². The number of hydrogen-bond acceptors (Lipinski definition) is 18. The van der Waals surface area contributed by atoms with Crippen LogP contribution in [0.15, 0.2) is 72.8 Å². The molecule has 8 aromatic rings. The van der Waals surface area contributed by atoms with Crippen molar-refractivity contribution in [1.82, 2.24) is 23.3 Å². The summed E-state index contributed by atoms with van der Waals surface area (Å²) in [7, 11) is 6.79. The van der Waals surface area contributed by atoms with E-state index in [9.17, 15) is 65.9 Å². The number of esters is 4. The Balaban J connectivity index is -0.00000130. The number of ketones is 2. The van der Waals surface area contributed by atoms with Crippen LogP contribution in [-0.4, -0.2) is 119 Å². The summed E-state index contributed by atoms with van der Waals surface area (Å²) in [5.41, 5.74) is 9.54. The van der Waals surface area contributed by atoms with Gasteiger partial charge in [0.15, 0.2) is 0 Å². The Labute approximate surface area is 618 Å². The topological polar surface area (TPSA) is 388 Å². The average molecular weight is 1490 g/mol. The number of nitrogens with zero attached hydrogens (tertiary/aromatic N) is 7. The first-order valence-electron chi connectivity index (χ1n) is 33.7. The smallest absolute Gasteiger partial charge is 0.391 e. The predicted octanol–water partition coefficient (Wildman–Crippen LogP) is 12.9. The summed E-state index contributed by atoms with van der Waals surface area (Å²) in [6, 6.07) is 22.0. The molecule has 0 bridgehead atoms. The summed E-state index contributed by atoms with van der Waals surface area (Å²) in [6.45, 7) is 25.5. The molecule has 0 saturated heterocycles. The van der Waals surface area contributed by atoms with E-state index in [1.165, 1.54) is 66.4 Å². The molecule has 0 saturated carbocycles. The van der Waals surface area contributed by atoms with Crippen molar-refractivity contribution in [2.45, 2.75) is 96.9 Å². The largest absolute Gasteiger partial charge is 0.475 e. The number of carbonyl (C=O) groups is 11. The van der Waals surface area contributed by atoms with Gasteiger partial charge in [-0.25, -0.2) is 37.1 Å². The number of rotatable bonds is 17. The highest BCUT2D eigenvalue weighted by Crippen LogP contribution is 2.27. The van der Waals surface area contributed by atoms with Crippen molar-refractivity contribution in [3.8, 4) is 18.2 Å². The standard InChI is InChI=1S/C19H18FN3O4.C17H14FN3O4.C15H14FN3O.C10H15NO2.C9H13NO2.C4H5ClO3.5H2/c1-5-27-19(26)17(24)15-10(2)16(23(4)11(15)3)18(25)22-13-6-7-14(20)12(8-13)9-21;1-8-13(15(22)17(24)25)9(2)21(3)14(8)16(23)20-11-4-5-12(18)10(6-11)7-19;1-9-6-10(2)19(3)14(9)15(20)18-12-4-5-13(16)11(7-12)8-17;1-5-13-10(12)9-7(2)6-8(3)11(9)4;1-4-12-9(11)8-6(2)5-7(3)10-8;1-2-8-4(7)3(5)6;;;;;/h6-8H,5H2,1-4H3,(H,22,25);4-6H,1-3H3,(H,20,23)(H,24,25);4-7H,1-3H3,(H,18,20);6H,5H2,1-4H3;5,10H,4H2,1-3H3;2H2,1H3;5*1H/i;;;;;;2*1+1D;3*1+1. The maximum Gasteiger partial charge on any atom is 0.391 e. The van der Waals surface area contributed by atoms with Gasteiger partial charge in [0.25, 0.3) is 29.3 Å². The first kappa shape index (κ1) is 83.0. The van der Waals surface area contributed by atoms with Crippen LogP contribution < -0.4 is 16.0 Å². The van der Waals surface area contributed by atoms with Gasteiger partial charge in [-0.15, -0.1) is 0 Å².